The van der Waals surface area contributed by atoms with E-state index in [9.17, 15) is 9.59 Å². The highest BCUT2D eigenvalue weighted by Crippen LogP contribution is 2.30. The summed E-state index contributed by atoms with van der Waals surface area (Å²) in [6.07, 6.45) is 1.47. The van der Waals surface area contributed by atoms with E-state index in [0.717, 1.165) is 6.42 Å². The minimum atomic E-state index is -0.907. The lowest BCUT2D eigenvalue weighted by Crippen LogP contribution is -2.46. The molecule has 0 spiro atoms. The molecule has 5 nitrogen and oxygen atoms in total. The fraction of sp³-hybridized carbons (Fsp3) is 0.818. The molecule has 6 heteroatoms. The summed E-state index contributed by atoms with van der Waals surface area (Å²) < 4.78 is 5.49. The Kier molecular flexibility index (Phi) is 3.93. The van der Waals surface area contributed by atoms with E-state index in [1.165, 1.54) is 16.7 Å². The van der Waals surface area contributed by atoms with Crippen LogP contribution in [0.4, 0.5) is 0 Å². The third kappa shape index (κ3) is 2.42. The van der Waals surface area contributed by atoms with Gasteiger partial charge in [-0.25, -0.2) is 4.79 Å². The van der Waals surface area contributed by atoms with E-state index < -0.39 is 12.0 Å². The third-order valence-corrected chi connectivity index (χ3v) is 4.39. The highest BCUT2D eigenvalue weighted by atomic mass is 32.2. The normalized spacial score (nSPS) is 33.0. The number of thioether (sulfide) groups is 1. The topological polar surface area (TPSA) is 66.8 Å². The standard InChI is InChI=1S/C11H17NO4S/c1-2-9-7(3-4-16-9)10(13)12-6-17-5-8(12)11(14)15/h7-9H,2-6H2,1H3,(H,14,15). The Labute approximate surface area is 104 Å². The maximum Gasteiger partial charge on any atom is 0.327 e. The minimum Gasteiger partial charge on any atom is -0.480 e. The van der Waals surface area contributed by atoms with E-state index in [1.54, 1.807) is 0 Å². The molecule has 0 radical (unpaired) electrons. The van der Waals surface area contributed by atoms with Crippen LogP contribution in [0.1, 0.15) is 19.8 Å². The monoisotopic (exact) mass is 259 g/mol. The number of carboxylic acid groups (broad SMARTS) is 1. The molecule has 3 unspecified atom stereocenters. The molecule has 2 aliphatic rings. The Morgan fingerprint density at radius 1 is 1.53 bits per heavy atom. The van der Waals surface area contributed by atoms with Crippen molar-refractivity contribution in [3.8, 4) is 0 Å². The van der Waals surface area contributed by atoms with E-state index in [0.29, 0.717) is 24.7 Å². The van der Waals surface area contributed by atoms with Gasteiger partial charge in [-0.05, 0) is 12.8 Å². The van der Waals surface area contributed by atoms with Crippen LogP contribution in [0.5, 0.6) is 0 Å². The Morgan fingerprint density at radius 3 is 2.94 bits per heavy atom. The lowest BCUT2D eigenvalue weighted by atomic mass is 9.97. The zero-order valence-corrected chi connectivity index (χ0v) is 10.6. The van der Waals surface area contributed by atoms with Crippen LogP contribution >= 0.6 is 11.8 Å². The molecule has 2 heterocycles. The summed E-state index contributed by atoms with van der Waals surface area (Å²) in [5.41, 5.74) is 0. The van der Waals surface area contributed by atoms with Gasteiger partial charge in [-0.15, -0.1) is 11.8 Å². The van der Waals surface area contributed by atoms with E-state index in [2.05, 4.69) is 0 Å². The van der Waals surface area contributed by atoms with Gasteiger partial charge in [0.25, 0.3) is 0 Å². The molecular formula is C11H17NO4S. The maximum atomic E-state index is 12.3. The van der Waals surface area contributed by atoms with E-state index in [4.69, 9.17) is 9.84 Å². The van der Waals surface area contributed by atoms with E-state index in [1.807, 2.05) is 6.92 Å². The molecule has 0 aromatic heterocycles. The Bertz CT molecular complexity index is 323. The molecule has 0 aliphatic carbocycles. The van der Waals surface area contributed by atoms with Crippen LogP contribution in [-0.4, -0.2) is 52.3 Å². The van der Waals surface area contributed by atoms with Crippen molar-refractivity contribution in [3.63, 3.8) is 0 Å². The predicted octanol–water partition coefficient (Wildman–Crippen LogP) is 0.788. The summed E-state index contributed by atoms with van der Waals surface area (Å²) in [5, 5.41) is 9.06. The van der Waals surface area contributed by atoms with Crippen LogP contribution in [0.25, 0.3) is 0 Å². The van der Waals surface area contributed by atoms with Crippen molar-refractivity contribution in [3.05, 3.63) is 0 Å². The van der Waals surface area contributed by atoms with Gasteiger partial charge in [0, 0.05) is 12.4 Å². The Morgan fingerprint density at radius 2 is 2.29 bits per heavy atom. The van der Waals surface area contributed by atoms with Crippen molar-refractivity contribution in [1.82, 2.24) is 4.90 Å². The lowest BCUT2D eigenvalue weighted by molar-refractivity contribution is -0.150. The number of nitrogens with zero attached hydrogens (tertiary/aromatic N) is 1. The number of amides is 1. The van der Waals surface area contributed by atoms with Crippen molar-refractivity contribution in [2.45, 2.75) is 31.9 Å². The number of rotatable bonds is 3. The van der Waals surface area contributed by atoms with Gasteiger partial charge in [0.05, 0.1) is 17.9 Å². The largest absolute Gasteiger partial charge is 0.480 e. The van der Waals surface area contributed by atoms with Crippen LogP contribution in [0.15, 0.2) is 0 Å². The summed E-state index contributed by atoms with van der Waals surface area (Å²) in [4.78, 5) is 24.8. The first-order chi connectivity index (χ1) is 8.15. The van der Waals surface area contributed by atoms with Crippen LogP contribution in [0, 0.1) is 5.92 Å². The number of carboxylic acids is 1. The fourth-order valence-electron chi connectivity index (χ4n) is 2.41. The average Bonchev–Trinajstić information content (AvgIpc) is 2.96. The van der Waals surface area contributed by atoms with Gasteiger partial charge in [-0.3, -0.25) is 4.79 Å². The molecule has 1 amide bonds. The molecule has 2 saturated heterocycles. The number of hydrogen-bond donors (Lipinski definition) is 1. The molecular weight excluding hydrogens is 242 g/mol. The summed E-state index contributed by atoms with van der Waals surface area (Å²) >= 11 is 1.50. The SMILES string of the molecule is CCC1OCCC1C(=O)N1CSCC1C(=O)O. The third-order valence-electron chi connectivity index (χ3n) is 3.38. The first kappa shape index (κ1) is 12.7. The molecule has 0 aromatic carbocycles. The van der Waals surface area contributed by atoms with Crippen LogP contribution < -0.4 is 0 Å². The molecule has 0 saturated carbocycles. The molecule has 3 atom stereocenters. The smallest absolute Gasteiger partial charge is 0.327 e. The van der Waals surface area contributed by atoms with Gasteiger partial charge >= 0.3 is 5.97 Å². The number of ether oxygens (including phenoxy) is 1. The van der Waals surface area contributed by atoms with Crippen molar-refractivity contribution in [2.24, 2.45) is 5.92 Å². The van der Waals surface area contributed by atoms with E-state index in [-0.39, 0.29) is 17.9 Å². The zero-order chi connectivity index (χ0) is 12.4. The van der Waals surface area contributed by atoms with E-state index >= 15 is 0 Å². The summed E-state index contributed by atoms with van der Waals surface area (Å²) in [5.74, 6) is -0.128. The number of carbonyl (C=O) groups excluding carboxylic acids is 1. The minimum absolute atomic E-state index is 0.0393. The molecule has 0 aromatic rings. The zero-order valence-electron chi connectivity index (χ0n) is 9.80. The highest BCUT2D eigenvalue weighted by Gasteiger charge is 2.41. The van der Waals surface area contributed by atoms with Crippen LogP contribution in [-0.2, 0) is 14.3 Å². The molecule has 2 fully saturated rings. The second-order valence-corrected chi connectivity index (χ2v) is 5.37. The molecule has 17 heavy (non-hydrogen) atoms. The van der Waals surface area contributed by atoms with Gasteiger partial charge in [0.2, 0.25) is 5.91 Å². The lowest BCUT2D eigenvalue weighted by Gasteiger charge is -2.25. The van der Waals surface area contributed by atoms with Gasteiger partial charge < -0.3 is 14.7 Å². The molecule has 96 valence electrons. The van der Waals surface area contributed by atoms with Crippen molar-refractivity contribution >= 4 is 23.6 Å². The van der Waals surface area contributed by atoms with Crippen molar-refractivity contribution < 1.29 is 19.4 Å². The molecule has 2 rings (SSSR count). The van der Waals surface area contributed by atoms with Crippen LogP contribution in [0.2, 0.25) is 0 Å². The van der Waals surface area contributed by atoms with Gasteiger partial charge in [-0.1, -0.05) is 6.92 Å². The Hall–Kier alpha value is -0.750. The quantitative estimate of drug-likeness (QED) is 0.811. The highest BCUT2D eigenvalue weighted by molar-refractivity contribution is 7.99. The second kappa shape index (κ2) is 5.27. The maximum absolute atomic E-state index is 12.3. The molecule has 0 bridgehead atoms. The van der Waals surface area contributed by atoms with Gasteiger partial charge in [0.15, 0.2) is 0 Å². The number of aliphatic carboxylic acids is 1. The van der Waals surface area contributed by atoms with Crippen molar-refractivity contribution in [2.75, 3.05) is 18.2 Å². The van der Waals surface area contributed by atoms with Gasteiger partial charge in [-0.2, -0.15) is 0 Å². The predicted molar refractivity (Wildman–Crippen MR) is 63.7 cm³/mol. The molecule has 2 aliphatic heterocycles. The average molecular weight is 259 g/mol. The number of carbonyl (C=O) groups is 2. The van der Waals surface area contributed by atoms with Gasteiger partial charge in [0.1, 0.15) is 6.04 Å². The fourth-order valence-corrected chi connectivity index (χ4v) is 3.57. The van der Waals surface area contributed by atoms with Crippen molar-refractivity contribution in [1.29, 1.82) is 0 Å². The Balaban J connectivity index is 2.06. The summed E-state index contributed by atoms with van der Waals surface area (Å²) in [7, 11) is 0. The first-order valence-electron chi connectivity index (χ1n) is 5.87. The second-order valence-electron chi connectivity index (χ2n) is 4.37. The van der Waals surface area contributed by atoms with Crippen LogP contribution in [0.3, 0.4) is 0 Å². The summed E-state index contributed by atoms with van der Waals surface area (Å²) in [6.45, 7) is 2.59. The summed E-state index contributed by atoms with van der Waals surface area (Å²) in [6, 6.07) is -0.661. The first-order valence-corrected chi connectivity index (χ1v) is 7.03. The molecule has 1 N–H and O–H groups in total. The number of hydrogen-bond acceptors (Lipinski definition) is 4.